The van der Waals surface area contributed by atoms with Crippen LogP contribution in [0.25, 0.3) is 11.1 Å². The number of hydrogen-bond acceptors (Lipinski definition) is 3. The molecule has 120 valence electrons. The summed E-state index contributed by atoms with van der Waals surface area (Å²) in [4.78, 5) is 11.9. The zero-order valence-corrected chi connectivity index (χ0v) is 13.1. The van der Waals surface area contributed by atoms with Crippen LogP contribution in [0, 0.1) is 0 Å². The number of benzene rings is 2. The number of para-hydroxylation sites is 1. The second kappa shape index (κ2) is 6.42. The summed E-state index contributed by atoms with van der Waals surface area (Å²) < 4.78 is 10.7. The lowest BCUT2D eigenvalue weighted by Gasteiger charge is -2.33. The number of methoxy groups -OCH3 is 1. The van der Waals surface area contributed by atoms with E-state index in [0.717, 1.165) is 22.4 Å². The Bertz CT molecular complexity index is 685. The van der Waals surface area contributed by atoms with Crippen molar-refractivity contribution in [2.75, 3.05) is 20.3 Å². The molecule has 0 spiro atoms. The Kier molecular flexibility index (Phi) is 4.35. The molecule has 3 rings (SSSR count). The Morgan fingerprint density at radius 3 is 2.35 bits per heavy atom. The third-order valence-corrected chi connectivity index (χ3v) is 4.61. The third kappa shape index (κ3) is 2.82. The van der Waals surface area contributed by atoms with Crippen LogP contribution in [-0.4, -0.2) is 31.4 Å². The molecule has 0 unspecified atom stereocenters. The van der Waals surface area contributed by atoms with Crippen LogP contribution in [0.2, 0.25) is 0 Å². The lowest BCUT2D eigenvalue weighted by molar-refractivity contribution is -0.147. The number of carboxylic acid groups (broad SMARTS) is 1. The van der Waals surface area contributed by atoms with Crippen molar-refractivity contribution in [3.63, 3.8) is 0 Å². The third-order valence-electron chi connectivity index (χ3n) is 4.61. The minimum Gasteiger partial charge on any atom is -0.496 e. The van der Waals surface area contributed by atoms with Gasteiger partial charge in [0.2, 0.25) is 0 Å². The van der Waals surface area contributed by atoms with Gasteiger partial charge in [-0.15, -0.1) is 0 Å². The lowest BCUT2D eigenvalue weighted by atomic mass is 9.74. The minimum absolute atomic E-state index is 0.487. The standard InChI is InChI=1S/C19H20O4/c1-22-17-5-3-2-4-16(17)14-6-8-15(9-7-14)19(18(20)21)10-12-23-13-11-19/h2-9H,10-13H2,1H3,(H,20,21). The van der Waals surface area contributed by atoms with E-state index in [4.69, 9.17) is 9.47 Å². The van der Waals surface area contributed by atoms with E-state index in [9.17, 15) is 9.90 Å². The Hall–Kier alpha value is -2.33. The molecule has 1 aliphatic rings. The fourth-order valence-corrected chi connectivity index (χ4v) is 3.20. The quantitative estimate of drug-likeness (QED) is 0.939. The molecule has 0 amide bonds. The van der Waals surface area contributed by atoms with Gasteiger partial charge >= 0.3 is 5.97 Å². The second-order valence-electron chi connectivity index (χ2n) is 5.78. The van der Waals surface area contributed by atoms with Gasteiger partial charge in [0.25, 0.3) is 0 Å². The van der Waals surface area contributed by atoms with Gasteiger partial charge in [0.05, 0.1) is 12.5 Å². The number of carbonyl (C=O) groups is 1. The first-order valence-corrected chi connectivity index (χ1v) is 7.72. The van der Waals surface area contributed by atoms with Crippen molar-refractivity contribution < 1.29 is 19.4 Å². The number of ether oxygens (including phenoxy) is 2. The number of aliphatic carboxylic acids is 1. The van der Waals surface area contributed by atoms with E-state index >= 15 is 0 Å². The van der Waals surface area contributed by atoms with E-state index in [1.165, 1.54) is 0 Å². The molecule has 1 saturated heterocycles. The highest BCUT2D eigenvalue weighted by Gasteiger charge is 2.41. The summed E-state index contributed by atoms with van der Waals surface area (Å²) >= 11 is 0. The van der Waals surface area contributed by atoms with Crippen molar-refractivity contribution in [3.8, 4) is 16.9 Å². The predicted molar refractivity (Wildman–Crippen MR) is 87.8 cm³/mol. The summed E-state index contributed by atoms with van der Waals surface area (Å²) in [6.45, 7) is 0.973. The first-order chi connectivity index (χ1) is 11.2. The van der Waals surface area contributed by atoms with Gasteiger partial charge in [0.1, 0.15) is 5.75 Å². The van der Waals surface area contributed by atoms with E-state index < -0.39 is 11.4 Å². The molecule has 1 aliphatic heterocycles. The van der Waals surface area contributed by atoms with Crippen molar-refractivity contribution in [3.05, 3.63) is 54.1 Å². The number of carboxylic acids is 1. The van der Waals surface area contributed by atoms with Gasteiger partial charge in [-0.1, -0.05) is 42.5 Å². The summed E-state index contributed by atoms with van der Waals surface area (Å²) in [5.41, 5.74) is 2.01. The molecule has 0 atom stereocenters. The van der Waals surface area contributed by atoms with Crippen LogP contribution in [-0.2, 0) is 14.9 Å². The highest BCUT2D eigenvalue weighted by molar-refractivity contribution is 5.82. The molecular weight excluding hydrogens is 292 g/mol. The lowest BCUT2D eigenvalue weighted by Crippen LogP contribution is -2.41. The minimum atomic E-state index is -0.836. The van der Waals surface area contributed by atoms with Crippen molar-refractivity contribution in [2.24, 2.45) is 0 Å². The summed E-state index contributed by atoms with van der Waals surface area (Å²) in [6, 6.07) is 15.6. The van der Waals surface area contributed by atoms with E-state index in [1.807, 2.05) is 48.5 Å². The molecule has 4 nitrogen and oxygen atoms in total. The van der Waals surface area contributed by atoms with Crippen LogP contribution in [0.1, 0.15) is 18.4 Å². The Balaban J connectivity index is 1.97. The van der Waals surface area contributed by atoms with Gasteiger partial charge < -0.3 is 14.6 Å². The number of hydrogen-bond donors (Lipinski definition) is 1. The molecule has 23 heavy (non-hydrogen) atoms. The van der Waals surface area contributed by atoms with Gasteiger partial charge in [-0.25, -0.2) is 0 Å². The predicted octanol–water partition coefficient (Wildman–Crippen LogP) is 3.50. The molecule has 1 heterocycles. The van der Waals surface area contributed by atoms with Crippen LogP contribution in [0.4, 0.5) is 0 Å². The molecule has 0 aliphatic carbocycles. The van der Waals surface area contributed by atoms with Crippen LogP contribution in [0.3, 0.4) is 0 Å². The van der Waals surface area contributed by atoms with Crippen LogP contribution in [0.5, 0.6) is 5.75 Å². The van der Waals surface area contributed by atoms with Crippen LogP contribution in [0.15, 0.2) is 48.5 Å². The molecule has 0 aromatic heterocycles. The average molecular weight is 312 g/mol. The van der Waals surface area contributed by atoms with Crippen molar-refractivity contribution in [2.45, 2.75) is 18.3 Å². The smallest absolute Gasteiger partial charge is 0.314 e. The van der Waals surface area contributed by atoms with Crippen LogP contribution < -0.4 is 4.74 Å². The van der Waals surface area contributed by atoms with E-state index in [-0.39, 0.29) is 0 Å². The topological polar surface area (TPSA) is 55.8 Å². The molecule has 0 saturated carbocycles. The molecule has 1 N–H and O–H groups in total. The molecule has 2 aromatic carbocycles. The Morgan fingerprint density at radius 2 is 1.74 bits per heavy atom. The normalized spacial score (nSPS) is 16.7. The summed E-state index contributed by atoms with van der Waals surface area (Å²) in [6.07, 6.45) is 1.02. The van der Waals surface area contributed by atoms with Gasteiger partial charge in [0.15, 0.2) is 0 Å². The summed E-state index contributed by atoms with van der Waals surface area (Å²) in [5.74, 6) is 0.0325. The Labute approximate surface area is 135 Å². The van der Waals surface area contributed by atoms with Gasteiger partial charge in [0, 0.05) is 18.8 Å². The maximum Gasteiger partial charge on any atom is 0.314 e. The highest BCUT2D eigenvalue weighted by Crippen LogP contribution is 2.37. The van der Waals surface area contributed by atoms with E-state index in [2.05, 4.69) is 0 Å². The fraction of sp³-hybridized carbons (Fsp3) is 0.316. The van der Waals surface area contributed by atoms with Gasteiger partial charge in [-0.2, -0.15) is 0 Å². The zero-order chi connectivity index (χ0) is 16.3. The van der Waals surface area contributed by atoms with E-state index in [1.54, 1.807) is 7.11 Å². The average Bonchev–Trinajstić information content (AvgIpc) is 2.62. The molecule has 0 bridgehead atoms. The second-order valence-corrected chi connectivity index (χ2v) is 5.78. The van der Waals surface area contributed by atoms with Gasteiger partial charge in [-0.05, 0) is 30.0 Å². The first kappa shape index (κ1) is 15.6. The molecule has 4 heteroatoms. The monoisotopic (exact) mass is 312 g/mol. The molecular formula is C19H20O4. The molecule has 0 radical (unpaired) electrons. The van der Waals surface area contributed by atoms with E-state index in [0.29, 0.717) is 26.1 Å². The SMILES string of the molecule is COc1ccccc1-c1ccc(C2(C(=O)O)CCOCC2)cc1. The zero-order valence-electron chi connectivity index (χ0n) is 13.1. The van der Waals surface area contributed by atoms with Gasteiger partial charge in [-0.3, -0.25) is 4.79 Å². The van der Waals surface area contributed by atoms with Crippen molar-refractivity contribution in [1.29, 1.82) is 0 Å². The molecule has 1 fully saturated rings. The largest absolute Gasteiger partial charge is 0.496 e. The first-order valence-electron chi connectivity index (χ1n) is 7.72. The number of rotatable bonds is 4. The van der Waals surface area contributed by atoms with Crippen molar-refractivity contribution in [1.82, 2.24) is 0 Å². The van der Waals surface area contributed by atoms with Crippen LogP contribution >= 0.6 is 0 Å². The Morgan fingerprint density at radius 1 is 1.09 bits per heavy atom. The summed E-state index contributed by atoms with van der Waals surface area (Å²) in [7, 11) is 1.65. The molecule has 2 aromatic rings. The fourth-order valence-electron chi connectivity index (χ4n) is 3.20. The maximum absolute atomic E-state index is 11.9. The maximum atomic E-state index is 11.9. The van der Waals surface area contributed by atoms with Crippen molar-refractivity contribution >= 4 is 5.97 Å². The summed E-state index contributed by atoms with van der Waals surface area (Å²) in [5, 5.41) is 9.74. The highest BCUT2D eigenvalue weighted by atomic mass is 16.5.